The topological polar surface area (TPSA) is 149 Å². The summed E-state index contributed by atoms with van der Waals surface area (Å²) >= 11 is 0. The number of carbonyl (C=O) groups is 1. The number of hydrogen-bond donors (Lipinski definition) is 2. The van der Waals surface area contributed by atoms with E-state index in [0.29, 0.717) is 53.5 Å². The highest BCUT2D eigenvalue weighted by Gasteiger charge is 2.33. The van der Waals surface area contributed by atoms with Crippen LogP contribution in [0.4, 0.5) is 11.5 Å². The molecule has 1 amide bonds. The first-order valence-electron chi connectivity index (χ1n) is 11.3. The minimum atomic E-state index is -3.28. The third-order valence-electron chi connectivity index (χ3n) is 5.87. The van der Waals surface area contributed by atoms with Crippen molar-refractivity contribution < 1.29 is 22.7 Å². The maximum absolute atomic E-state index is 12.9. The fourth-order valence-electron chi connectivity index (χ4n) is 4.01. The van der Waals surface area contributed by atoms with Crippen LogP contribution in [-0.4, -0.2) is 62.5 Å². The fourth-order valence-corrected chi connectivity index (χ4v) is 4.64. The molecule has 190 valence electrons. The molecule has 3 aromatic rings. The number of amides is 1. The molecule has 0 spiro atoms. The van der Waals surface area contributed by atoms with E-state index in [1.807, 2.05) is 11.0 Å². The van der Waals surface area contributed by atoms with Gasteiger partial charge in [0.05, 0.1) is 24.1 Å². The molecule has 12 heteroatoms. The Hall–Kier alpha value is -4.45. The number of sulfone groups is 1. The molecule has 2 aliphatic rings. The summed E-state index contributed by atoms with van der Waals surface area (Å²) in [5.74, 6) is 1.76. The third kappa shape index (κ3) is 4.83. The second kappa shape index (κ2) is 9.54. The SMILES string of the molecule is COc1c(OCc2ccc(S(C)(=O)=O)cc2)ccc2c1N=C(NC(=O)c1ccc(N)nc1)N1CCN=C21. The number of carbonyl (C=O) groups excluding carboxylic acids is 1. The number of nitrogen functional groups attached to an aromatic ring is 1. The number of rotatable bonds is 6. The van der Waals surface area contributed by atoms with E-state index >= 15 is 0 Å². The van der Waals surface area contributed by atoms with E-state index < -0.39 is 9.84 Å². The molecule has 3 heterocycles. The first-order chi connectivity index (χ1) is 17.7. The lowest BCUT2D eigenvalue weighted by Crippen LogP contribution is -2.47. The van der Waals surface area contributed by atoms with Crippen molar-refractivity contribution in [2.24, 2.45) is 9.98 Å². The van der Waals surface area contributed by atoms with E-state index in [0.717, 1.165) is 17.4 Å². The smallest absolute Gasteiger partial charge is 0.259 e. The Morgan fingerprint density at radius 3 is 2.59 bits per heavy atom. The molecule has 5 rings (SSSR count). The zero-order chi connectivity index (χ0) is 26.2. The van der Waals surface area contributed by atoms with Gasteiger partial charge in [0, 0.05) is 24.6 Å². The molecular weight excluding hydrogens is 496 g/mol. The monoisotopic (exact) mass is 520 g/mol. The first kappa shape index (κ1) is 24.3. The van der Waals surface area contributed by atoms with Crippen molar-refractivity contribution in [3.8, 4) is 11.5 Å². The number of amidine groups is 1. The molecule has 3 N–H and O–H groups in total. The lowest BCUT2D eigenvalue weighted by molar-refractivity contribution is 0.0973. The van der Waals surface area contributed by atoms with Crippen LogP contribution in [0.3, 0.4) is 0 Å². The van der Waals surface area contributed by atoms with E-state index in [-0.39, 0.29) is 17.4 Å². The molecule has 37 heavy (non-hydrogen) atoms. The molecule has 0 atom stereocenters. The van der Waals surface area contributed by atoms with Crippen molar-refractivity contribution in [1.82, 2.24) is 15.2 Å². The van der Waals surface area contributed by atoms with E-state index in [9.17, 15) is 13.2 Å². The van der Waals surface area contributed by atoms with Gasteiger partial charge < -0.3 is 15.2 Å². The Morgan fingerprint density at radius 1 is 1.14 bits per heavy atom. The molecule has 0 unspecified atom stereocenters. The fraction of sp³-hybridized carbons (Fsp3) is 0.200. The number of guanidine groups is 1. The number of ether oxygens (including phenoxy) is 2. The summed E-state index contributed by atoms with van der Waals surface area (Å²) in [6.45, 7) is 1.30. The molecule has 0 fully saturated rings. The molecule has 0 bridgehead atoms. The summed E-state index contributed by atoms with van der Waals surface area (Å²) in [5.41, 5.74) is 7.99. The summed E-state index contributed by atoms with van der Waals surface area (Å²) < 4.78 is 35.1. The van der Waals surface area contributed by atoms with Gasteiger partial charge in [0.25, 0.3) is 5.91 Å². The van der Waals surface area contributed by atoms with Crippen molar-refractivity contribution in [2.75, 3.05) is 32.2 Å². The molecule has 2 aliphatic heterocycles. The number of nitrogens with one attached hydrogen (secondary N) is 1. The minimum absolute atomic E-state index is 0.184. The number of aromatic nitrogens is 1. The maximum atomic E-state index is 12.9. The molecule has 2 aromatic carbocycles. The van der Waals surface area contributed by atoms with Gasteiger partial charge in [-0.25, -0.2) is 18.4 Å². The summed E-state index contributed by atoms with van der Waals surface area (Å²) in [7, 11) is -1.76. The van der Waals surface area contributed by atoms with E-state index in [1.54, 1.807) is 42.5 Å². The van der Waals surface area contributed by atoms with Crippen LogP contribution < -0.4 is 20.5 Å². The van der Waals surface area contributed by atoms with Crippen molar-refractivity contribution in [2.45, 2.75) is 11.5 Å². The largest absolute Gasteiger partial charge is 0.491 e. The molecule has 11 nitrogen and oxygen atoms in total. The summed E-state index contributed by atoms with van der Waals surface area (Å²) in [6.07, 6.45) is 2.56. The predicted octanol–water partition coefficient (Wildman–Crippen LogP) is 2.15. The lowest BCUT2D eigenvalue weighted by atomic mass is 10.1. The molecule has 0 aliphatic carbocycles. The van der Waals surface area contributed by atoms with Gasteiger partial charge >= 0.3 is 0 Å². The van der Waals surface area contributed by atoms with Gasteiger partial charge in [-0.3, -0.25) is 20.0 Å². The third-order valence-corrected chi connectivity index (χ3v) is 7.00. The first-order valence-corrected chi connectivity index (χ1v) is 13.2. The highest BCUT2D eigenvalue weighted by molar-refractivity contribution is 7.90. The van der Waals surface area contributed by atoms with Crippen LogP contribution in [0.5, 0.6) is 11.5 Å². The number of benzene rings is 2. The zero-order valence-electron chi connectivity index (χ0n) is 20.1. The van der Waals surface area contributed by atoms with Crippen LogP contribution in [0.15, 0.2) is 69.6 Å². The number of hydrogen-bond acceptors (Lipinski definition) is 10. The summed E-state index contributed by atoms with van der Waals surface area (Å²) in [6, 6.07) is 13.2. The van der Waals surface area contributed by atoms with E-state index in [2.05, 4.69) is 15.3 Å². The van der Waals surface area contributed by atoms with Gasteiger partial charge in [0.2, 0.25) is 5.96 Å². The quantitative estimate of drug-likeness (QED) is 0.502. The number of anilines is 1. The standard InChI is InChI=1S/C25H24N6O5S/c1-35-22-19(36-14-15-3-6-17(7-4-15)37(2,33)34)9-8-18-21(22)29-25(31-12-11-27-23(18)31)30-24(32)16-5-10-20(26)28-13-16/h3-10,13H,11-12,14H2,1-2H3,(H2,26,28)(H,29,30,32). The van der Waals surface area contributed by atoms with Crippen molar-refractivity contribution in [3.05, 3.63) is 71.4 Å². The zero-order valence-corrected chi connectivity index (χ0v) is 20.9. The Kier molecular flexibility index (Phi) is 6.25. The van der Waals surface area contributed by atoms with Gasteiger partial charge in [-0.05, 0) is 42.0 Å². The van der Waals surface area contributed by atoms with Crippen molar-refractivity contribution >= 4 is 39.0 Å². The maximum Gasteiger partial charge on any atom is 0.259 e. The van der Waals surface area contributed by atoms with Gasteiger partial charge in [0.15, 0.2) is 21.3 Å². The van der Waals surface area contributed by atoms with Gasteiger partial charge in [-0.1, -0.05) is 12.1 Å². The van der Waals surface area contributed by atoms with Crippen LogP contribution in [0.1, 0.15) is 21.5 Å². The van der Waals surface area contributed by atoms with E-state index in [1.165, 1.54) is 13.3 Å². The van der Waals surface area contributed by atoms with Crippen LogP contribution >= 0.6 is 0 Å². The number of methoxy groups -OCH3 is 1. The average molecular weight is 521 g/mol. The van der Waals surface area contributed by atoms with Crippen molar-refractivity contribution in [3.63, 3.8) is 0 Å². The summed E-state index contributed by atoms with van der Waals surface area (Å²) in [5, 5.41) is 2.84. The van der Waals surface area contributed by atoms with Gasteiger partial charge in [-0.15, -0.1) is 0 Å². The molecule has 0 radical (unpaired) electrons. The molecule has 1 aromatic heterocycles. The lowest BCUT2D eigenvalue weighted by Gasteiger charge is -2.28. The Balaban J connectivity index is 1.43. The Morgan fingerprint density at radius 2 is 1.92 bits per heavy atom. The Labute approximate surface area is 213 Å². The van der Waals surface area contributed by atoms with E-state index in [4.69, 9.17) is 20.2 Å². The van der Waals surface area contributed by atoms with Crippen LogP contribution in [0.25, 0.3) is 0 Å². The van der Waals surface area contributed by atoms with Crippen molar-refractivity contribution in [1.29, 1.82) is 0 Å². The highest BCUT2D eigenvalue weighted by Crippen LogP contribution is 2.43. The Bertz CT molecular complexity index is 1530. The minimum Gasteiger partial charge on any atom is -0.491 e. The molecular formula is C25H24N6O5S. The number of pyridine rings is 1. The number of aliphatic imine (C=N–C) groups is 2. The number of fused-ring (bicyclic) bond motifs is 3. The van der Waals surface area contributed by atoms with Crippen LogP contribution in [0.2, 0.25) is 0 Å². The number of nitrogens with zero attached hydrogens (tertiary/aromatic N) is 4. The molecule has 0 saturated carbocycles. The average Bonchev–Trinajstić information content (AvgIpc) is 3.38. The highest BCUT2D eigenvalue weighted by atomic mass is 32.2. The number of nitrogens with two attached hydrogens (primary N) is 1. The predicted molar refractivity (Wildman–Crippen MR) is 138 cm³/mol. The second-order valence-electron chi connectivity index (χ2n) is 8.42. The second-order valence-corrected chi connectivity index (χ2v) is 10.4. The summed E-state index contributed by atoms with van der Waals surface area (Å²) in [4.78, 5) is 28.2. The molecule has 0 saturated heterocycles. The van der Waals surface area contributed by atoms with Gasteiger partial charge in [-0.2, -0.15) is 0 Å². The van der Waals surface area contributed by atoms with Gasteiger partial charge in [0.1, 0.15) is 23.9 Å². The van der Waals surface area contributed by atoms with Crippen LogP contribution in [0, 0.1) is 0 Å². The normalized spacial score (nSPS) is 14.3. The van der Waals surface area contributed by atoms with Crippen LogP contribution in [-0.2, 0) is 16.4 Å².